The van der Waals surface area contributed by atoms with E-state index in [0.717, 1.165) is 0 Å². The van der Waals surface area contributed by atoms with E-state index in [1.807, 2.05) is 0 Å². The van der Waals surface area contributed by atoms with Crippen LogP contribution in [-0.4, -0.2) is 47.7 Å². The van der Waals surface area contributed by atoms with Gasteiger partial charge >= 0.3 is 0 Å². The second-order valence-electron chi connectivity index (χ2n) is 8.24. The van der Waals surface area contributed by atoms with E-state index in [1.165, 1.54) is 55.3 Å². The lowest BCUT2D eigenvalue weighted by Crippen LogP contribution is -2.23. The van der Waals surface area contributed by atoms with Gasteiger partial charge in [0.15, 0.2) is 0 Å². The minimum absolute atomic E-state index is 0.108. The van der Waals surface area contributed by atoms with Crippen molar-refractivity contribution >= 4 is 17.3 Å². The average Bonchev–Trinajstić information content (AvgIpc) is 3.32. The second kappa shape index (κ2) is 11.3. The van der Waals surface area contributed by atoms with Gasteiger partial charge < -0.3 is 14.2 Å². The first-order chi connectivity index (χ1) is 18.7. The molecule has 0 saturated carbocycles. The zero-order chi connectivity index (χ0) is 28.1. The van der Waals surface area contributed by atoms with Crippen molar-refractivity contribution in [1.29, 1.82) is 0 Å². The van der Waals surface area contributed by atoms with E-state index in [-0.39, 0.29) is 22.5 Å². The number of H-pyrrole nitrogens is 1. The van der Waals surface area contributed by atoms with Crippen LogP contribution in [0.4, 0.5) is 5.69 Å². The van der Waals surface area contributed by atoms with Gasteiger partial charge in [-0.1, -0.05) is 0 Å². The molecule has 12 nitrogen and oxygen atoms in total. The van der Waals surface area contributed by atoms with Crippen LogP contribution < -0.4 is 25.2 Å². The number of aromatic amines is 1. The van der Waals surface area contributed by atoms with E-state index in [2.05, 4.69) is 15.6 Å². The predicted octanol–water partition coefficient (Wildman–Crippen LogP) is 3.92. The number of hydrogen-bond donors (Lipinski definition) is 2. The molecule has 0 atom stereocenters. The van der Waals surface area contributed by atoms with Crippen LogP contribution in [0.25, 0.3) is 16.9 Å². The number of nitrogens with zero attached hydrogens (tertiary/aromatic N) is 3. The lowest BCUT2D eigenvalue weighted by Gasteiger charge is -2.08. The Bertz CT molecular complexity index is 1580. The Labute approximate surface area is 222 Å². The fourth-order valence-corrected chi connectivity index (χ4v) is 3.84. The largest absolute Gasteiger partial charge is 0.497 e. The predicted molar refractivity (Wildman–Crippen MR) is 144 cm³/mol. The molecule has 0 aliphatic carbocycles. The molecule has 12 heteroatoms. The SMILES string of the molecule is COc1ccc(-c2[nH]n(-c3ccc([N+](=O)[O-])cc3)c(=O)c2/C(C)=N/NC(=O)c2cc(OC)cc(OC)c2)cc1. The third-order valence-electron chi connectivity index (χ3n) is 5.89. The molecule has 39 heavy (non-hydrogen) atoms. The third-order valence-corrected chi connectivity index (χ3v) is 5.89. The monoisotopic (exact) mass is 531 g/mol. The smallest absolute Gasteiger partial charge is 0.281 e. The van der Waals surface area contributed by atoms with Crippen molar-refractivity contribution in [1.82, 2.24) is 15.2 Å². The summed E-state index contributed by atoms with van der Waals surface area (Å²) in [6.07, 6.45) is 0. The van der Waals surface area contributed by atoms with Gasteiger partial charge in [-0.25, -0.2) is 10.1 Å². The maximum absolute atomic E-state index is 13.6. The van der Waals surface area contributed by atoms with Crippen molar-refractivity contribution in [3.8, 4) is 34.2 Å². The van der Waals surface area contributed by atoms with Gasteiger partial charge in [0.2, 0.25) is 0 Å². The number of nitrogens with one attached hydrogen (secondary N) is 2. The molecular formula is C27H25N5O7. The summed E-state index contributed by atoms with van der Waals surface area (Å²) in [5.41, 5.74) is 4.04. The van der Waals surface area contributed by atoms with Crippen LogP contribution in [0.2, 0.25) is 0 Å². The summed E-state index contributed by atoms with van der Waals surface area (Å²) < 4.78 is 16.9. The van der Waals surface area contributed by atoms with Crippen molar-refractivity contribution in [2.45, 2.75) is 6.92 Å². The first-order valence-corrected chi connectivity index (χ1v) is 11.6. The molecule has 0 unspecified atom stereocenters. The highest BCUT2D eigenvalue weighted by molar-refractivity contribution is 6.04. The van der Waals surface area contributed by atoms with Crippen molar-refractivity contribution in [2.75, 3.05) is 21.3 Å². The second-order valence-corrected chi connectivity index (χ2v) is 8.24. The minimum atomic E-state index is -0.538. The molecular weight excluding hydrogens is 506 g/mol. The highest BCUT2D eigenvalue weighted by Gasteiger charge is 2.20. The van der Waals surface area contributed by atoms with Crippen molar-refractivity contribution in [3.05, 3.63) is 98.3 Å². The number of benzene rings is 3. The molecule has 2 N–H and O–H groups in total. The van der Waals surface area contributed by atoms with Gasteiger partial charge in [-0.05, 0) is 55.5 Å². The summed E-state index contributed by atoms with van der Waals surface area (Å²) in [4.78, 5) is 37.0. The number of nitro groups is 1. The summed E-state index contributed by atoms with van der Waals surface area (Å²) in [6, 6.07) is 17.2. The first kappa shape index (κ1) is 26.7. The average molecular weight is 532 g/mol. The fraction of sp³-hybridized carbons (Fsp3) is 0.148. The zero-order valence-corrected chi connectivity index (χ0v) is 21.6. The van der Waals surface area contributed by atoms with Crippen LogP contribution in [-0.2, 0) is 0 Å². The zero-order valence-electron chi connectivity index (χ0n) is 21.6. The van der Waals surface area contributed by atoms with Gasteiger partial charge in [-0.2, -0.15) is 5.10 Å². The van der Waals surface area contributed by atoms with Gasteiger partial charge in [0, 0.05) is 29.3 Å². The molecule has 1 amide bonds. The quantitative estimate of drug-likeness (QED) is 0.189. The number of hydrogen-bond acceptors (Lipinski definition) is 8. The van der Waals surface area contributed by atoms with Crippen molar-refractivity contribution in [3.63, 3.8) is 0 Å². The molecule has 1 heterocycles. The van der Waals surface area contributed by atoms with Gasteiger partial charge in [-0.3, -0.25) is 24.8 Å². The summed E-state index contributed by atoms with van der Waals surface area (Å²) in [7, 11) is 4.49. The number of aromatic nitrogens is 2. The molecule has 0 radical (unpaired) electrons. The molecule has 0 aliphatic heterocycles. The number of amides is 1. The molecule has 0 saturated heterocycles. The van der Waals surface area contributed by atoms with Crippen LogP contribution in [0.1, 0.15) is 22.8 Å². The van der Waals surface area contributed by atoms with Gasteiger partial charge in [0.25, 0.3) is 17.2 Å². The van der Waals surface area contributed by atoms with Gasteiger partial charge in [0.1, 0.15) is 17.2 Å². The van der Waals surface area contributed by atoms with E-state index >= 15 is 0 Å². The fourth-order valence-electron chi connectivity index (χ4n) is 3.84. The number of methoxy groups -OCH3 is 3. The van der Waals surface area contributed by atoms with E-state index < -0.39 is 16.4 Å². The lowest BCUT2D eigenvalue weighted by atomic mass is 10.1. The van der Waals surface area contributed by atoms with E-state index in [9.17, 15) is 19.7 Å². The van der Waals surface area contributed by atoms with Crippen LogP contribution in [0.15, 0.2) is 76.6 Å². The Hall–Kier alpha value is -5.39. The Morgan fingerprint density at radius 1 is 0.923 bits per heavy atom. The summed E-state index contributed by atoms with van der Waals surface area (Å²) in [6.45, 7) is 1.59. The third kappa shape index (κ3) is 5.64. The molecule has 200 valence electrons. The molecule has 0 bridgehead atoms. The van der Waals surface area contributed by atoms with Crippen molar-refractivity contribution < 1.29 is 23.9 Å². The number of carbonyl (C=O) groups is 1. The minimum Gasteiger partial charge on any atom is -0.497 e. The number of hydrazone groups is 1. The van der Waals surface area contributed by atoms with Crippen LogP contribution >= 0.6 is 0 Å². The lowest BCUT2D eigenvalue weighted by molar-refractivity contribution is -0.384. The molecule has 0 fully saturated rings. The summed E-state index contributed by atoms with van der Waals surface area (Å²) >= 11 is 0. The van der Waals surface area contributed by atoms with Gasteiger partial charge in [-0.15, -0.1) is 0 Å². The van der Waals surface area contributed by atoms with Crippen molar-refractivity contribution in [2.24, 2.45) is 5.10 Å². The highest BCUT2D eigenvalue weighted by atomic mass is 16.6. The van der Waals surface area contributed by atoms with E-state index in [0.29, 0.717) is 34.2 Å². The maximum Gasteiger partial charge on any atom is 0.281 e. The standard InChI is InChI=1S/C27H25N5O7/c1-16(28-29-26(33)18-13-22(38-3)15-23(14-18)39-4)24-25(17-5-11-21(37-2)12-6-17)30-31(27(24)34)19-7-9-20(10-8-19)32(35)36/h5-15,30H,1-4H3,(H,29,33)/b28-16+. The Kier molecular flexibility index (Phi) is 7.75. The number of ether oxygens (including phenoxy) is 3. The van der Waals surface area contributed by atoms with E-state index in [1.54, 1.807) is 44.4 Å². The maximum atomic E-state index is 13.6. The number of non-ortho nitro benzene ring substituents is 1. The van der Waals surface area contributed by atoms with E-state index in [4.69, 9.17) is 14.2 Å². The molecule has 1 aromatic heterocycles. The first-order valence-electron chi connectivity index (χ1n) is 11.6. The number of rotatable bonds is 9. The molecule has 4 aromatic rings. The number of nitro benzene ring substituents is 1. The topological polar surface area (TPSA) is 150 Å². The highest BCUT2D eigenvalue weighted by Crippen LogP contribution is 2.25. The van der Waals surface area contributed by atoms with Crippen LogP contribution in [0.5, 0.6) is 17.2 Å². The molecule has 0 spiro atoms. The normalized spacial score (nSPS) is 11.1. The molecule has 3 aromatic carbocycles. The van der Waals surface area contributed by atoms with Crippen LogP contribution in [0, 0.1) is 10.1 Å². The number of carbonyl (C=O) groups excluding carboxylic acids is 1. The summed E-state index contributed by atoms with van der Waals surface area (Å²) in [5.74, 6) is 0.949. The summed E-state index contributed by atoms with van der Waals surface area (Å²) in [5, 5.41) is 18.3. The Morgan fingerprint density at radius 2 is 1.51 bits per heavy atom. The Morgan fingerprint density at radius 3 is 2.05 bits per heavy atom. The Balaban J connectivity index is 1.75. The molecule has 0 aliphatic rings. The van der Waals surface area contributed by atoms with Crippen LogP contribution in [0.3, 0.4) is 0 Å². The van der Waals surface area contributed by atoms with Gasteiger partial charge in [0.05, 0.1) is 48.9 Å². The molecule has 4 rings (SSSR count).